The van der Waals surface area contributed by atoms with Gasteiger partial charge in [-0.3, -0.25) is 9.78 Å². The van der Waals surface area contributed by atoms with Crippen molar-refractivity contribution in [1.82, 2.24) is 25.1 Å². The van der Waals surface area contributed by atoms with Crippen molar-refractivity contribution in [1.29, 1.82) is 0 Å². The van der Waals surface area contributed by atoms with Crippen molar-refractivity contribution in [2.24, 2.45) is 0 Å². The maximum atomic E-state index is 13.0. The minimum atomic E-state index is -0.307. The van der Waals surface area contributed by atoms with E-state index < -0.39 is 0 Å². The molecular formula is C21H26N6O2. The van der Waals surface area contributed by atoms with Gasteiger partial charge in [-0.1, -0.05) is 6.07 Å². The van der Waals surface area contributed by atoms with Gasteiger partial charge in [-0.05, 0) is 44.7 Å². The summed E-state index contributed by atoms with van der Waals surface area (Å²) in [7, 11) is 0. The van der Waals surface area contributed by atoms with Crippen molar-refractivity contribution in [3.63, 3.8) is 0 Å². The normalized spacial score (nSPS) is 19.2. The molecule has 3 heterocycles. The predicted molar refractivity (Wildman–Crippen MR) is 110 cm³/mol. The monoisotopic (exact) mass is 394 g/mol. The summed E-state index contributed by atoms with van der Waals surface area (Å²) in [5, 5.41) is 21.7. The predicted octanol–water partition coefficient (Wildman–Crippen LogP) is 2.49. The van der Waals surface area contributed by atoms with E-state index in [1.807, 2.05) is 29.8 Å². The number of hydrogen-bond donors (Lipinski definition) is 3. The third-order valence-electron chi connectivity index (χ3n) is 5.36. The van der Waals surface area contributed by atoms with Crippen LogP contribution in [0.5, 0.6) is 0 Å². The number of rotatable bonds is 6. The Hall–Kier alpha value is -3.00. The number of aryl methyl sites for hydroxylation is 1. The highest BCUT2D eigenvalue weighted by atomic mass is 16.3. The fraction of sp³-hybridized carbons (Fsp3) is 0.429. The molecule has 0 bridgehead atoms. The second-order valence-electron chi connectivity index (χ2n) is 7.41. The lowest BCUT2D eigenvalue weighted by molar-refractivity contribution is 0.0951. The lowest BCUT2D eigenvalue weighted by Crippen LogP contribution is -2.31. The fourth-order valence-electron chi connectivity index (χ4n) is 3.85. The molecule has 1 amide bonds. The molecule has 152 valence electrons. The van der Waals surface area contributed by atoms with E-state index in [1.54, 1.807) is 18.6 Å². The molecule has 1 fully saturated rings. The quantitative estimate of drug-likeness (QED) is 0.593. The number of anilines is 1. The first-order valence-electron chi connectivity index (χ1n) is 10.1. The highest BCUT2D eigenvalue weighted by molar-refractivity contribution is 6.06. The van der Waals surface area contributed by atoms with Crippen molar-refractivity contribution in [2.75, 3.05) is 5.32 Å². The van der Waals surface area contributed by atoms with Crippen molar-refractivity contribution >= 4 is 22.6 Å². The van der Waals surface area contributed by atoms with Gasteiger partial charge >= 0.3 is 0 Å². The molecule has 8 nitrogen and oxygen atoms in total. The Kier molecular flexibility index (Phi) is 5.71. The number of nitrogens with one attached hydrogen (secondary N) is 2. The van der Waals surface area contributed by atoms with Crippen LogP contribution in [0, 0.1) is 0 Å². The maximum Gasteiger partial charge on any atom is 0.255 e. The average Bonchev–Trinajstić information content (AvgIpc) is 3.17. The van der Waals surface area contributed by atoms with Crippen LogP contribution < -0.4 is 10.6 Å². The molecule has 4 rings (SSSR count). The van der Waals surface area contributed by atoms with E-state index in [1.165, 1.54) is 0 Å². The van der Waals surface area contributed by atoms with E-state index in [2.05, 4.69) is 25.7 Å². The Labute approximate surface area is 169 Å². The molecular weight excluding hydrogens is 368 g/mol. The molecule has 29 heavy (non-hydrogen) atoms. The number of pyridine rings is 2. The van der Waals surface area contributed by atoms with Crippen LogP contribution in [-0.2, 0) is 13.1 Å². The summed E-state index contributed by atoms with van der Waals surface area (Å²) in [5.74, 6) is -0.215. The Morgan fingerprint density at radius 3 is 2.93 bits per heavy atom. The summed E-state index contributed by atoms with van der Waals surface area (Å²) < 4.78 is 1.81. The van der Waals surface area contributed by atoms with Crippen LogP contribution in [0.1, 0.15) is 48.7 Å². The summed E-state index contributed by atoms with van der Waals surface area (Å²) in [6.07, 6.45) is 8.17. The molecule has 3 aromatic rings. The van der Waals surface area contributed by atoms with Crippen molar-refractivity contribution in [3.05, 3.63) is 48.0 Å². The maximum absolute atomic E-state index is 13.0. The number of nitrogens with zero attached hydrogens (tertiary/aromatic N) is 4. The van der Waals surface area contributed by atoms with Gasteiger partial charge in [-0.25, -0.2) is 9.67 Å². The van der Waals surface area contributed by atoms with Crippen molar-refractivity contribution in [3.8, 4) is 0 Å². The standard InChI is InChI=1S/C21H26N6O2/c1-2-27-20-17(13-25-27)19(26-14-7-5-8-16(28)10-14)18(12-23-20)21(29)24-11-15-6-3-4-9-22-15/h3-4,6,9,12-14,16,28H,2,5,7-8,10-11H2,1H3,(H,23,26)(H,24,29). The minimum absolute atomic E-state index is 0.108. The van der Waals surface area contributed by atoms with Crippen molar-refractivity contribution in [2.45, 2.75) is 57.8 Å². The number of aliphatic hydroxyl groups excluding tert-OH is 1. The van der Waals surface area contributed by atoms with Crippen LogP contribution in [-0.4, -0.2) is 42.9 Å². The van der Waals surface area contributed by atoms with Gasteiger partial charge in [0.25, 0.3) is 5.91 Å². The number of carbonyl (C=O) groups excluding carboxylic acids is 1. The largest absolute Gasteiger partial charge is 0.393 e. The van der Waals surface area contributed by atoms with Gasteiger partial charge in [0.1, 0.15) is 0 Å². The van der Waals surface area contributed by atoms with Gasteiger partial charge in [0.05, 0.1) is 41.2 Å². The molecule has 0 saturated heterocycles. The van der Waals surface area contributed by atoms with E-state index in [9.17, 15) is 9.90 Å². The van der Waals surface area contributed by atoms with E-state index in [4.69, 9.17) is 0 Å². The number of amides is 1. The number of fused-ring (bicyclic) bond motifs is 1. The van der Waals surface area contributed by atoms with Gasteiger partial charge in [-0.15, -0.1) is 0 Å². The first-order chi connectivity index (χ1) is 14.2. The second kappa shape index (κ2) is 8.57. The molecule has 3 N–H and O–H groups in total. The number of carbonyl (C=O) groups is 1. The van der Waals surface area contributed by atoms with Gasteiger partial charge < -0.3 is 15.7 Å². The number of aromatic nitrogens is 4. The zero-order valence-electron chi connectivity index (χ0n) is 16.5. The third kappa shape index (κ3) is 4.22. The summed E-state index contributed by atoms with van der Waals surface area (Å²) in [6, 6.07) is 5.71. The minimum Gasteiger partial charge on any atom is -0.393 e. The highest BCUT2D eigenvalue weighted by Gasteiger charge is 2.24. The van der Waals surface area contributed by atoms with Crippen LogP contribution in [0.4, 0.5) is 5.69 Å². The molecule has 1 aliphatic carbocycles. The average molecular weight is 394 g/mol. The lowest BCUT2D eigenvalue weighted by Gasteiger charge is -2.28. The van der Waals surface area contributed by atoms with Crippen LogP contribution in [0.2, 0.25) is 0 Å². The van der Waals surface area contributed by atoms with Gasteiger partial charge in [0.15, 0.2) is 5.65 Å². The molecule has 1 aliphatic rings. The summed E-state index contributed by atoms with van der Waals surface area (Å²) in [4.78, 5) is 21.7. The lowest BCUT2D eigenvalue weighted by atomic mass is 9.92. The molecule has 0 spiro atoms. The summed E-state index contributed by atoms with van der Waals surface area (Å²) in [6.45, 7) is 3.04. The molecule has 0 aromatic carbocycles. The fourth-order valence-corrected chi connectivity index (χ4v) is 3.85. The van der Waals surface area contributed by atoms with Crippen molar-refractivity contribution < 1.29 is 9.90 Å². The van der Waals surface area contributed by atoms with Crippen LogP contribution in [0.3, 0.4) is 0 Å². The topological polar surface area (TPSA) is 105 Å². The molecule has 0 aliphatic heterocycles. The number of aliphatic hydroxyl groups is 1. The SMILES string of the molecule is CCn1ncc2c(NC3CCCC(O)C3)c(C(=O)NCc3ccccn3)cnc21. The molecule has 1 saturated carbocycles. The van der Waals surface area contributed by atoms with E-state index in [-0.39, 0.29) is 18.1 Å². The van der Waals surface area contributed by atoms with Crippen LogP contribution in [0.25, 0.3) is 11.0 Å². The molecule has 0 radical (unpaired) electrons. The summed E-state index contributed by atoms with van der Waals surface area (Å²) >= 11 is 0. The van der Waals surface area contributed by atoms with Gasteiger partial charge in [0, 0.05) is 25.0 Å². The Bertz CT molecular complexity index is 988. The third-order valence-corrected chi connectivity index (χ3v) is 5.36. The molecule has 2 unspecified atom stereocenters. The van der Waals surface area contributed by atoms with E-state index in [0.29, 0.717) is 25.1 Å². The second-order valence-corrected chi connectivity index (χ2v) is 7.41. The zero-order valence-corrected chi connectivity index (χ0v) is 16.5. The Balaban J connectivity index is 1.63. The van der Waals surface area contributed by atoms with Crippen LogP contribution >= 0.6 is 0 Å². The number of hydrogen-bond acceptors (Lipinski definition) is 6. The van der Waals surface area contributed by atoms with Gasteiger partial charge in [-0.2, -0.15) is 5.10 Å². The summed E-state index contributed by atoms with van der Waals surface area (Å²) in [5.41, 5.74) is 2.74. The van der Waals surface area contributed by atoms with E-state index >= 15 is 0 Å². The molecule has 3 aromatic heterocycles. The van der Waals surface area contributed by atoms with Gasteiger partial charge in [0.2, 0.25) is 0 Å². The Morgan fingerprint density at radius 1 is 1.28 bits per heavy atom. The van der Waals surface area contributed by atoms with E-state index in [0.717, 1.165) is 41.7 Å². The molecule has 8 heteroatoms. The smallest absolute Gasteiger partial charge is 0.255 e. The molecule has 2 atom stereocenters. The highest BCUT2D eigenvalue weighted by Crippen LogP contribution is 2.30. The zero-order chi connectivity index (χ0) is 20.2. The Morgan fingerprint density at radius 2 is 2.17 bits per heavy atom. The first-order valence-corrected chi connectivity index (χ1v) is 10.1. The first kappa shape index (κ1) is 19.3. The van der Waals surface area contributed by atoms with Crippen LogP contribution in [0.15, 0.2) is 36.8 Å².